The predicted octanol–water partition coefficient (Wildman–Crippen LogP) is 2.80. The van der Waals surface area contributed by atoms with Crippen LogP contribution in [0.5, 0.6) is 0 Å². The van der Waals surface area contributed by atoms with Gasteiger partial charge in [0, 0.05) is 6.07 Å². The molecule has 1 amide bonds. The fraction of sp³-hybridized carbons (Fsp3) is 0.286. The van der Waals surface area contributed by atoms with E-state index in [2.05, 4.69) is 38.4 Å². The summed E-state index contributed by atoms with van der Waals surface area (Å²) in [5, 5.41) is 11.0. The van der Waals surface area contributed by atoms with Gasteiger partial charge in [-0.05, 0) is 0 Å². The van der Waals surface area contributed by atoms with E-state index in [1.807, 2.05) is 12.1 Å². The summed E-state index contributed by atoms with van der Waals surface area (Å²) < 4.78 is 60.0. The first kappa shape index (κ1) is 29.2. The van der Waals surface area contributed by atoms with Crippen LogP contribution < -0.4 is 14.6 Å². The number of hydrogen-bond acceptors (Lipinski definition) is 7. The van der Waals surface area contributed by atoms with Crippen LogP contribution in [0.3, 0.4) is 0 Å². The standard InChI is InChI=1S/C28H30AsF2N5O4S/c1-35-8-10-36(11-9-35)20-3-5-23(25(16-20)29-7-12-40-2)28(37)32-27-24-17-21(4-6-26(24)33-34-27)41(38,39)22-14-18(30)13-19(31)15-22/h3-6,13-17,29H,7-12H2,1-2H3,(H2,32,33,34,37). The van der Waals surface area contributed by atoms with Crippen molar-refractivity contribution in [2.75, 3.05) is 57.2 Å². The molecule has 0 spiro atoms. The summed E-state index contributed by atoms with van der Waals surface area (Å²) in [4.78, 5) is 17.4. The molecule has 0 aliphatic carbocycles. The van der Waals surface area contributed by atoms with Gasteiger partial charge in [-0.3, -0.25) is 0 Å². The fourth-order valence-electron chi connectivity index (χ4n) is 4.68. The van der Waals surface area contributed by atoms with Crippen LogP contribution in [0, 0.1) is 11.6 Å². The third-order valence-corrected chi connectivity index (χ3v) is 11.3. The second kappa shape index (κ2) is 12.3. The van der Waals surface area contributed by atoms with Gasteiger partial charge in [0.05, 0.1) is 0 Å². The van der Waals surface area contributed by atoms with E-state index >= 15 is 0 Å². The SMILES string of the molecule is COCC[AsH]c1cc(N2CCN(C)CC2)ccc1C(=O)Nc1n[nH]c2ccc(S(=O)(=O)c3cc(F)cc(F)c3)cc12. The Balaban J connectivity index is 1.44. The van der Waals surface area contributed by atoms with Gasteiger partial charge in [-0.25, -0.2) is 8.78 Å². The number of carbonyl (C=O) groups is 1. The number of methoxy groups -OCH3 is 1. The van der Waals surface area contributed by atoms with Gasteiger partial charge in [0.25, 0.3) is 0 Å². The topological polar surface area (TPSA) is 108 Å². The fourth-order valence-corrected chi connectivity index (χ4v) is 8.55. The summed E-state index contributed by atoms with van der Waals surface area (Å²) in [6.07, 6.45) is 0. The van der Waals surface area contributed by atoms with Crippen LogP contribution in [0.15, 0.2) is 64.4 Å². The zero-order chi connectivity index (χ0) is 29.1. The molecule has 2 heterocycles. The van der Waals surface area contributed by atoms with E-state index in [1.54, 1.807) is 7.11 Å². The van der Waals surface area contributed by atoms with Crippen LogP contribution >= 0.6 is 0 Å². The average Bonchev–Trinajstić information content (AvgIpc) is 3.35. The third-order valence-electron chi connectivity index (χ3n) is 6.96. The zero-order valence-electron chi connectivity index (χ0n) is 22.6. The molecule has 0 bridgehead atoms. The number of aromatic amines is 1. The summed E-state index contributed by atoms with van der Waals surface area (Å²) in [7, 11) is -0.480. The molecule has 1 aliphatic rings. The number of carbonyl (C=O) groups excluding carboxylic acids is 1. The van der Waals surface area contributed by atoms with Gasteiger partial charge >= 0.3 is 229 Å². The maximum atomic E-state index is 13.7. The van der Waals surface area contributed by atoms with Crippen molar-refractivity contribution in [3.05, 3.63) is 71.8 Å². The molecule has 0 radical (unpaired) electrons. The average molecular weight is 646 g/mol. The number of halogens is 2. The quantitative estimate of drug-likeness (QED) is 0.213. The van der Waals surface area contributed by atoms with E-state index in [1.165, 1.54) is 18.2 Å². The number of ether oxygens (including phenoxy) is 1. The van der Waals surface area contributed by atoms with Crippen molar-refractivity contribution in [2.45, 2.75) is 15.0 Å². The van der Waals surface area contributed by atoms with Crippen LogP contribution in [0.4, 0.5) is 20.3 Å². The van der Waals surface area contributed by atoms with Gasteiger partial charge in [0.15, 0.2) is 0 Å². The molecule has 5 rings (SSSR count). The molecule has 216 valence electrons. The minimum atomic E-state index is -4.24. The molecule has 4 aromatic rings. The van der Waals surface area contributed by atoms with Crippen molar-refractivity contribution in [3.8, 4) is 0 Å². The van der Waals surface area contributed by atoms with E-state index in [0.29, 0.717) is 29.1 Å². The molecule has 1 unspecified atom stereocenters. The molecule has 41 heavy (non-hydrogen) atoms. The molecule has 3 aromatic carbocycles. The first-order valence-electron chi connectivity index (χ1n) is 13.0. The molecule has 1 atom stereocenters. The molecular weight excluding hydrogens is 615 g/mol. The van der Waals surface area contributed by atoms with Crippen molar-refractivity contribution in [1.29, 1.82) is 0 Å². The number of benzene rings is 3. The Hall–Kier alpha value is -3.31. The molecule has 0 saturated carbocycles. The summed E-state index contributed by atoms with van der Waals surface area (Å²) in [6.45, 7) is 4.36. The third kappa shape index (κ3) is 6.46. The number of piperazine rings is 1. The van der Waals surface area contributed by atoms with Crippen molar-refractivity contribution >= 4 is 58.3 Å². The number of sulfone groups is 1. The zero-order valence-corrected chi connectivity index (χ0v) is 25.5. The Kier molecular flexibility index (Phi) is 8.74. The Morgan fingerprint density at radius 1 is 1.02 bits per heavy atom. The molecule has 13 heteroatoms. The first-order chi connectivity index (χ1) is 19.7. The van der Waals surface area contributed by atoms with Crippen molar-refractivity contribution in [2.24, 2.45) is 0 Å². The van der Waals surface area contributed by atoms with Gasteiger partial charge in [-0.1, -0.05) is 0 Å². The summed E-state index contributed by atoms with van der Waals surface area (Å²) in [5.41, 5.74) is 2.11. The van der Waals surface area contributed by atoms with Gasteiger partial charge in [0.2, 0.25) is 0 Å². The van der Waals surface area contributed by atoms with Crippen molar-refractivity contribution < 1.29 is 26.7 Å². The number of anilines is 2. The Morgan fingerprint density at radius 3 is 2.46 bits per heavy atom. The number of rotatable bonds is 9. The van der Waals surface area contributed by atoms with Crippen LogP contribution in [-0.4, -0.2) is 92.1 Å². The van der Waals surface area contributed by atoms with Gasteiger partial charge < -0.3 is 0 Å². The molecule has 1 aliphatic heterocycles. The van der Waals surface area contributed by atoms with Crippen LogP contribution in [0.1, 0.15) is 10.4 Å². The Bertz CT molecular complexity index is 1670. The van der Waals surface area contributed by atoms with Crippen LogP contribution in [0.25, 0.3) is 10.9 Å². The summed E-state index contributed by atoms with van der Waals surface area (Å²) in [5.74, 6) is -2.20. The van der Waals surface area contributed by atoms with Gasteiger partial charge in [-0.15, -0.1) is 0 Å². The number of nitrogens with one attached hydrogen (secondary N) is 2. The second-order valence-corrected chi connectivity index (χ2v) is 14.7. The van der Waals surface area contributed by atoms with Gasteiger partial charge in [-0.2, -0.15) is 0 Å². The number of H-pyrrole nitrogens is 1. The molecule has 2 N–H and O–H groups in total. The predicted molar refractivity (Wildman–Crippen MR) is 155 cm³/mol. The number of nitrogens with zero attached hydrogens (tertiary/aromatic N) is 3. The molecule has 1 fully saturated rings. The van der Waals surface area contributed by atoms with E-state index in [4.69, 9.17) is 4.74 Å². The Labute approximate surface area is 243 Å². The Morgan fingerprint density at radius 2 is 1.76 bits per heavy atom. The molecule has 1 aromatic heterocycles. The summed E-state index contributed by atoms with van der Waals surface area (Å²) >= 11 is -0.686. The maximum absolute atomic E-state index is 13.7. The van der Waals surface area contributed by atoms with E-state index in [9.17, 15) is 22.0 Å². The number of hydrogen-bond donors (Lipinski definition) is 2. The van der Waals surface area contributed by atoms with Crippen molar-refractivity contribution in [3.63, 3.8) is 0 Å². The number of likely N-dealkylation sites (N-methyl/N-ethyl adjacent to an activating group) is 1. The normalized spacial score (nSPS) is 14.8. The number of fused-ring (bicyclic) bond motifs is 1. The van der Waals surface area contributed by atoms with Crippen LogP contribution in [-0.2, 0) is 14.6 Å². The minimum absolute atomic E-state index is 0.151. The molecule has 9 nitrogen and oxygen atoms in total. The van der Waals surface area contributed by atoms with Crippen molar-refractivity contribution in [1.82, 2.24) is 15.1 Å². The van der Waals surface area contributed by atoms with Crippen LogP contribution in [0.2, 0.25) is 5.21 Å². The molecular formula is C28H30AsF2N5O4S. The summed E-state index contributed by atoms with van der Waals surface area (Å²) in [6, 6.07) is 12.2. The molecule has 1 saturated heterocycles. The monoisotopic (exact) mass is 645 g/mol. The number of amides is 1. The van der Waals surface area contributed by atoms with E-state index in [0.717, 1.165) is 53.6 Å². The van der Waals surface area contributed by atoms with E-state index < -0.39 is 42.1 Å². The van der Waals surface area contributed by atoms with E-state index in [-0.39, 0.29) is 16.6 Å². The first-order valence-corrected chi connectivity index (χ1v) is 17.0. The second-order valence-electron chi connectivity index (χ2n) is 9.78. The number of aromatic nitrogens is 2. The van der Waals surface area contributed by atoms with Gasteiger partial charge in [0.1, 0.15) is 0 Å².